The van der Waals surface area contributed by atoms with Crippen molar-refractivity contribution in [3.63, 3.8) is 0 Å². The van der Waals surface area contributed by atoms with E-state index in [4.69, 9.17) is 14.2 Å². The van der Waals surface area contributed by atoms with Crippen LogP contribution in [-0.2, 0) is 28.6 Å². The van der Waals surface area contributed by atoms with Crippen molar-refractivity contribution in [1.82, 2.24) is 0 Å². The van der Waals surface area contributed by atoms with E-state index in [9.17, 15) is 14.4 Å². The summed E-state index contributed by atoms with van der Waals surface area (Å²) in [4.78, 5) is 37.5. The largest absolute Gasteiger partial charge is 0.462 e. The highest BCUT2D eigenvalue weighted by molar-refractivity contribution is 5.71. The van der Waals surface area contributed by atoms with E-state index in [0.717, 1.165) is 76.0 Å². The number of unbranched alkanes of at least 4 members (excludes halogenated alkanes) is 25. The lowest BCUT2D eigenvalue weighted by Crippen LogP contribution is -2.30. The lowest BCUT2D eigenvalue weighted by Gasteiger charge is -2.18. The van der Waals surface area contributed by atoms with Crippen LogP contribution in [0.4, 0.5) is 0 Å². The topological polar surface area (TPSA) is 78.9 Å². The molecule has 6 nitrogen and oxygen atoms in total. The zero-order valence-corrected chi connectivity index (χ0v) is 35.4. The average molecular weight is 737 g/mol. The first-order chi connectivity index (χ1) is 25.2. The maximum atomic E-state index is 12.7. The van der Waals surface area contributed by atoms with Gasteiger partial charge in [-0.3, -0.25) is 14.4 Å². The smallest absolute Gasteiger partial charge is 0.306 e. The van der Waals surface area contributed by atoms with Gasteiger partial charge >= 0.3 is 17.9 Å². The molecule has 308 valence electrons. The fourth-order valence-electron chi connectivity index (χ4n) is 6.75. The number of carbonyl (C=O) groups is 3. The van der Waals surface area contributed by atoms with Crippen molar-refractivity contribution in [3.8, 4) is 0 Å². The van der Waals surface area contributed by atoms with Gasteiger partial charge in [-0.1, -0.05) is 208 Å². The van der Waals surface area contributed by atoms with E-state index in [0.29, 0.717) is 19.3 Å². The summed E-state index contributed by atoms with van der Waals surface area (Å²) in [5.41, 5.74) is 0. The predicted octanol–water partition coefficient (Wildman–Crippen LogP) is 14.2. The summed E-state index contributed by atoms with van der Waals surface area (Å²) in [5.74, 6) is 0.788. The molecule has 0 unspecified atom stereocenters. The van der Waals surface area contributed by atoms with Crippen molar-refractivity contribution in [2.75, 3.05) is 13.2 Å². The third-order valence-corrected chi connectivity index (χ3v) is 10.2. The van der Waals surface area contributed by atoms with Crippen LogP contribution in [0.3, 0.4) is 0 Å². The molecule has 0 radical (unpaired) electrons. The van der Waals surface area contributed by atoms with Gasteiger partial charge in [0, 0.05) is 19.3 Å². The minimum atomic E-state index is -0.758. The summed E-state index contributed by atoms with van der Waals surface area (Å²) in [6.07, 6.45) is 36.9. The first kappa shape index (κ1) is 50.4. The van der Waals surface area contributed by atoms with Crippen molar-refractivity contribution in [3.05, 3.63) is 0 Å². The zero-order chi connectivity index (χ0) is 38.3. The van der Waals surface area contributed by atoms with Crippen LogP contribution >= 0.6 is 0 Å². The average Bonchev–Trinajstić information content (AvgIpc) is 3.11. The number of hydrogen-bond acceptors (Lipinski definition) is 6. The van der Waals surface area contributed by atoms with Gasteiger partial charge < -0.3 is 14.2 Å². The highest BCUT2D eigenvalue weighted by Crippen LogP contribution is 2.16. The number of rotatable bonds is 40. The van der Waals surface area contributed by atoms with Crippen LogP contribution in [0.15, 0.2) is 0 Å². The molecule has 52 heavy (non-hydrogen) atoms. The van der Waals surface area contributed by atoms with Crippen molar-refractivity contribution >= 4 is 17.9 Å². The molecule has 0 aromatic heterocycles. The fraction of sp³-hybridized carbons (Fsp3) is 0.935. The molecule has 0 bridgehead atoms. The van der Waals surface area contributed by atoms with Gasteiger partial charge in [0.2, 0.25) is 0 Å². The Hall–Kier alpha value is -1.59. The highest BCUT2D eigenvalue weighted by atomic mass is 16.6. The monoisotopic (exact) mass is 737 g/mol. The molecular formula is C46H88O6. The van der Waals surface area contributed by atoms with E-state index in [1.807, 2.05) is 0 Å². The summed E-state index contributed by atoms with van der Waals surface area (Å²) in [5, 5.41) is 0. The number of ether oxygens (including phenoxy) is 3. The van der Waals surface area contributed by atoms with Gasteiger partial charge in [-0.2, -0.15) is 0 Å². The molecule has 0 aliphatic heterocycles. The van der Waals surface area contributed by atoms with Gasteiger partial charge in [0.1, 0.15) is 13.2 Å². The normalized spacial score (nSPS) is 12.1. The van der Waals surface area contributed by atoms with Crippen LogP contribution < -0.4 is 0 Å². The van der Waals surface area contributed by atoms with E-state index in [-0.39, 0.29) is 31.1 Å². The second kappa shape index (κ2) is 39.1. The molecule has 1 atom stereocenters. The Balaban J connectivity index is 4.19. The lowest BCUT2D eigenvalue weighted by molar-refractivity contribution is -0.167. The maximum Gasteiger partial charge on any atom is 0.306 e. The molecule has 0 aliphatic rings. The Morgan fingerprint density at radius 3 is 0.942 bits per heavy atom. The van der Waals surface area contributed by atoms with Crippen molar-refractivity contribution in [2.24, 2.45) is 11.8 Å². The van der Waals surface area contributed by atoms with Crippen LogP contribution in [0, 0.1) is 11.8 Å². The molecule has 0 fully saturated rings. The molecule has 0 saturated carbocycles. The molecule has 0 amide bonds. The quantitative estimate of drug-likeness (QED) is 0.0354. The van der Waals surface area contributed by atoms with Gasteiger partial charge in [-0.15, -0.1) is 0 Å². The Bertz CT molecular complexity index is 794. The van der Waals surface area contributed by atoms with Gasteiger partial charge in [0.25, 0.3) is 0 Å². The Labute approximate surface area is 323 Å². The Kier molecular flexibility index (Phi) is 37.9. The van der Waals surface area contributed by atoms with Gasteiger partial charge in [0.15, 0.2) is 6.10 Å². The summed E-state index contributed by atoms with van der Waals surface area (Å²) in [6, 6.07) is 0. The van der Waals surface area contributed by atoms with E-state index >= 15 is 0 Å². The maximum absolute atomic E-state index is 12.7. The predicted molar refractivity (Wildman–Crippen MR) is 220 cm³/mol. The van der Waals surface area contributed by atoms with E-state index in [1.54, 1.807) is 0 Å². The minimum absolute atomic E-state index is 0.0657. The van der Waals surface area contributed by atoms with Crippen molar-refractivity contribution in [1.29, 1.82) is 0 Å². The van der Waals surface area contributed by atoms with E-state index in [1.165, 1.54) is 128 Å². The van der Waals surface area contributed by atoms with Crippen LogP contribution in [0.5, 0.6) is 0 Å². The van der Waals surface area contributed by atoms with Crippen LogP contribution in [0.2, 0.25) is 0 Å². The minimum Gasteiger partial charge on any atom is -0.462 e. The molecule has 0 N–H and O–H groups in total. The molecule has 0 aromatic rings. The van der Waals surface area contributed by atoms with E-state index < -0.39 is 6.10 Å². The zero-order valence-electron chi connectivity index (χ0n) is 35.4. The number of hydrogen-bond donors (Lipinski definition) is 0. The molecule has 0 aliphatic carbocycles. The van der Waals surface area contributed by atoms with E-state index in [2.05, 4.69) is 34.6 Å². The molecular weight excluding hydrogens is 649 g/mol. The molecule has 6 heteroatoms. The Morgan fingerprint density at radius 1 is 0.365 bits per heavy atom. The fourth-order valence-corrected chi connectivity index (χ4v) is 6.75. The third kappa shape index (κ3) is 39.6. The standard InChI is InChI=1S/C46H88O6/c1-6-7-8-24-31-36-44(47)50-39-43(40-51-45(48)37-32-27-22-18-15-11-13-17-21-26-30-35-42(4)5)52-46(49)38-33-28-23-19-14-10-9-12-16-20-25-29-34-41(2)3/h41-43H,6-40H2,1-5H3/t43-/m1/s1. The van der Waals surface area contributed by atoms with Gasteiger partial charge in [-0.25, -0.2) is 0 Å². The highest BCUT2D eigenvalue weighted by Gasteiger charge is 2.19. The number of carbonyl (C=O) groups excluding carboxylic acids is 3. The molecule has 0 heterocycles. The van der Waals surface area contributed by atoms with Gasteiger partial charge in [0.05, 0.1) is 0 Å². The molecule has 0 spiro atoms. The summed E-state index contributed by atoms with van der Waals surface area (Å²) in [7, 11) is 0. The SMILES string of the molecule is CCCCCCCC(=O)OC[C@H](COC(=O)CCCCCCCCCCCCCC(C)C)OC(=O)CCCCCCCCCCCCCCC(C)C. The van der Waals surface area contributed by atoms with Crippen LogP contribution in [0.1, 0.15) is 247 Å². The first-order valence-corrected chi connectivity index (χ1v) is 22.7. The van der Waals surface area contributed by atoms with Crippen LogP contribution in [0.25, 0.3) is 0 Å². The van der Waals surface area contributed by atoms with Crippen molar-refractivity contribution in [2.45, 2.75) is 253 Å². The molecule has 0 aromatic carbocycles. The number of esters is 3. The molecule has 0 saturated heterocycles. The summed E-state index contributed by atoms with van der Waals surface area (Å²) in [6.45, 7) is 11.3. The van der Waals surface area contributed by atoms with Crippen molar-refractivity contribution < 1.29 is 28.6 Å². The second-order valence-electron chi connectivity index (χ2n) is 16.6. The summed E-state index contributed by atoms with van der Waals surface area (Å²) < 4.78 is 16.6. The first-order valence-electron chi connectivity index (χ1n) is 22.7. The van der Waals surface area contributed by atoms with Crippen LogP contribution in [-0.4, -0.2) is 37.2 Å². The summed E-state index contributed by atoms with van der Waals surface area (Å²) >= 11 is 0. The Morgan fingerprint density at radius 2 is 0.635 bits per heavy atom. The molecule has 0 rings (SSSR count). The lowest BCUT2D eigenvalue weighted by atomic mass is 10.0. The van der Waals surface area contributed by atoms with Gasteiger partial charge in [-0.05, 0) is 31.1 Å². The second-order valence-corrected chi connectivity index (χ2v) is 16.6. The third-order valence-electron chi connectivity index (χ3n) is 10.2.